The first-order valence-corrected chi connectivity index (χ1v) is 11.3. The highest BCUT2D eigenvalue weighted by atomic mass is 35.5. The quantitative estimate of drug-likeness (QED) is 0.433. The SMILES string of the molecule is Cc1c(Cl)cccc1Nc1ccccc1C(=O)Nc1ccc(N2CCNC(C)(C)C2)c(F)c1. The van der Waals surface area contributed by atoms with E-state index in [9.17, 15) is 9.18 Å². The van der Waals surface area contributed by atoms with Crippen molar-refractivity contribution in [1.82, 2.24) is 5.32 Å². The molecule has 5 nitrogen and oxygen atoms in total. The Labute approximate surface area is 198 Å². The predicted molar refractivity (Wildman–Crippen MR) is 135 cm³/mol. The smallest absolute Gasteiger partial charge is 0.257 e. The van der Waals surface area contributed by atoms with Gasteiger partial charge in [-0.2, -0.15) is 0 Å². The zero-order chi connectivity index (χ0) is 23.6. The fraction of sp³-hybridized carbons (Fsp3) is 0.269. The van der Waals surface area contributed by atoms with E-state index in [2.05, 4.69) is 29.8 Å². The minimum absolute atomic E-state index is 0.0877. The average molecular weight is 467 g/mol. The number of carbonyl (C=O) groups excluding carboxylic acids is 1. The molecule has 0 radical (unpaired) electrons. The lowest BCUT2D eigenvalue weighted by molar-refractivity contribution is 0.102. The minimum Gasteiger partial charge on any atom is -0.366 e. The van der Waals surface area contributed by atoms with Crippen molar-refractivity contribution < 1.29 is 9.18 Å². The maximum absolute atomic E-state index is 15.0. The second-order valence-corrected chi connectivity index (χ2v) is 9.34. The Balaban J connectivity index is 1.52. The van der Waals surface area contributed by atoms with Crippen LogP contribution in [0.3, 0.4) is 0 Å². The fourth-order valence-corrected chi connectivity index (χ4v) is 4.24. The van der Waals surface area contributed by atoms with Gasteiger partial charge in [0.05, 0.1) is 16.9 Å². The molecule has 1 saturated heterocycles. The van der Waals surface area contributed by atoms with Crippen molar-refractivity contribution in [3.05, 3.63) is 82.6 Å². The summed E-state index contributed by atoms with van der Waals surface area (Å²) in [7, 11) is 0. The number of hydrogen-bond donors (Lipinski definition) is 3. The molecule has 0 bridgehead atoms. The molecule has 1 amide bonds. The molecule has 0 unspecified atom stereocenters. The Morgan fingerprint density at radius 1 is 1.09 bits per heavy atom. The van der Waals surface area contributed by atoms with Crippen LogP contribution >= 0.6 is 11.6 Å². The van der Waals surface area contributed by atoms with Gasteiger partial charge in [-0.15, -0.1) is 0 Å². The van der Waals surface area contributed by atoms with E-state index in [-0.39, 0.29) is 17.3 Å². The van der Waals surface area contributed by atoms with Crippen LogP contribution in [0.15, 0.2) is 60.7 Å². The third-order valence-corrected chi connectivity index (χ3v) is 6.24. The zero-order valence-electron chi connectivity index (χ0n) is 19.0. The summed E-state index contributed by atoms with van der Waals surface area (Å²) < 4.78 is 15.0. The van der Waals surface area contributed by atoms with Crippen LogP contribution < -0.4 is 20.9 Å². The summed E-state index contributed by atoms with van der Waals surface area (Å²) in [6.45, 7) is 8.34. The van der Waals surface area contributed by atoms with E-state index in [0.29, 0.717) is 34.2 Å². The van der Waals surface area contributed by atoms with Crippen LogP contribution in [0.2, 0.25) is 5.02 Å². The number of hydrogen-bond acceptors (Lipinski definition) is 4. The highest BCUT2D eigenvalue weighted by Crippen LogP contribution is 2.29. The van der Waals surface area contributed by atoms with E-state index >= 15 is 0 Å². The molecular weight excluding hydrogens is 439 g/mol. The molecule has 0 saturated carbocycles. The summed E-state index contributed by atoms with van der Waals surface area (Å²) in [6.07, 6.45) is 0. The van der Waals surface area contributed by atoms with Gasteiger partial charge >= 0.3 is 0 Å². The second kappa shape index (κ2) is 9.41. The van der Waals surface area contributed by atoms with Crippen molar-refractivity contribution in [2.45, 2.75) is 26.3 Å². The van der Waals surface area contributed by atoms with Gasteiger partial charge in [0.1, 0.15) is 5.82 Å². The largest absolute Gasteiger partial charge is 0.366 e. The number of para-hydroxylation sites is 1. The molecule has 0 aliphatic carbocycles. The first kappa shape index (κ1) is 23.1. The van der Waals surface area contributed by atoms with Crippen molar-refractivity contribution in [1.29, 1.82) is 0 Å². The fourth-order valence-electron chi connectivity index (χ4n) is 4.06. The molecule has 172 valence electrons. The third-order valence-electron chi connectivity index (χ3n) is 5.83. The molecule has 1 aliphatic rings. The lowest BCUT2D eigenvalue weighted by Gasteiger charge is -2.40. The monoisotopic (exact) mass is 466 g/mol. The van der Waals surface area contributed by atoms with Crippen LogP contribution in [-0.2, 0) is 0 Å². The number of piperazine rings is 1. The van der Waals surface area contributed by atoms with Crippen LogP contribution in [0, 0.1) is 12.7 Å². The standard InChI is InChI=1S/C26H28ClFN4O/c1-17-20(27)8-6-10-22(17)31-23-9-5-4-7-19(23)25(33)30-18-11-12-24(21(28)15-18)32-14-13-29-26(2,3)16-32/h4-12,15,29,31H,13-14,16H2,1-3H3,(H,30,33). The van der Waals surface area contributed by atoms with Crippen molar-refractivity contribution in [3.8, 4) is 0 Å². The number of amides is 1. The number of anilines is 4. The summed E-state index contributed by atoms with van der Waals surface area (Å²) in [5.41, 5.74) is 3.66. The Kier molecular flexibility index (Phi) is 6.58. The highest BCUT2D eigenvalue weighted by Gasteiger charge is 2.27. The number of halogens is 2. The van der Waals surface area contributed by atoms with Crippen LogP contribution in [0.1, 0.15) is 29.8 Å². The maximum atomic E-state index is 15.0. The summed E-state index contributed by atoms with van der Waals surface area (Å²) in [6, 6.07) is 17.6. The van der Waals surface area contributed by atoms with Crippen molar-refractivity contribution in [2.75, 3.05) is 35.2 Å². The van der Waals surface area contributed by atoms with E-state index in [1.165, 1.54) is 6.07 Å². The van der Waals surface area contributed by atoms with Crippen LogP contribution in [0.5, 0.6) is 0 Å². The molecule has 1 heterocycles. The summed E-state index contributed by atoms with van der Waals surface area (Å²) >= 11 is 6.23. The topological polar surface area (TPSA) is 56.4 Å². The number of carbonyl (C=O) groups is 1. The van der Waals surface area contributed by atoms with Crippen LogP contribution in [0.4, 0.5) is 27.1 Å². The van der Waals surface area contributed by atoms with Crippen LogP contribution in [0.25, 0.3) is 0 Å². The Bertz CT molecular complexity index is 1180. The molecule has 0 aromatic heterocycles. The first-order valence-electron chi connectivity index (χ1n) is 11.0. The van der Waals surface area contributed by atoms with Crippen molar-refractivity contribution in [2.24, 2.45) is 0 Å². The number of rotatable bonds is 5. The number of nitrogens with one attached hydrogen (secondary N) is 3. The van der Waals surface area contributed by atoms with E-state index in [1.807, 2.05) is 42.2 Å². The van der Waals surface area contributed by atoms with Gasteiger partial charge in [-0.3, -0.25) is 4.79 Å². The van der Waals surface area contributed by atoms with Gasteiger partial charge in [0.2, 0.25) is 0 Å². The summed E-state index contributed by atoms with van der Waals surface area (Å²) in [5.74, 6) is -0.681. The first-order chi connectivity index (χ1) is 15.7. The molecule has 3 aromatic rings. The van der Waals surface area contributed by atoms with Gasteiger partial charge in [0, 0.05) is 41.6 Å². The van der Waals surface area contributed by atoms with Gasteiger partial charge in [0.15, 0.2) is 0 Å². The lowest BCUT2D eigenvalue weighted by Crippen LogP contribution is -2.57. The van der Waals surface area contributed by atoms with Crippen molar-refractivity contribution >= 4 is 40.3 Å². The van der Waals surface area contributed by atoms with Gasteiger partial charge in [-0.05, 0) is 68.8 Å². The van der Waals surface area contributed by atoms with Crippen LogP contribution in [-0.4, -0.2) is 31.1 Å². The summed E-state index contributed by atoms with van der Waals surface area (Å²) in [5, 5.41) is 10.2. The van der Waals surface area contributed by atoms with E-state index in [4.69, 9.17) is 11.6 Å². The predicted octanol–water partition coefficient (Wildman–Crippen LogP) is 5.97. The molecule has 1 aliphatic heterocycles. The van der Waals surface area contributed by atoms with Gasteiger partial charge < -0.3 is 20.9 Å². The molecule has 4 rings (SSSR count). The summed E-state index contributed by atoms with van der Waals surface area (Å²) in [4.78, 5) is 15.1. The lowest BCUT2D eigenvalue weighted by atomic mass is 10.0. The van der Waals surface area contributed by atoms with Gasteiger partial charge in [-0.25, -0.2) is 4.39 Å². The normalized spacial score (nSPS) is 15.2. The highest BCUT2D eigenvalue weighted by molar-refractivity contribution is 6.31. The average Bonchev–Trinajstić information content (AvgIpc) is 2.76. The number of nitrogens with zero attached hydrogens (tertiary/aromatic N) is 1. The van der Waals surface area contributed by atoms with Gasteiger partial charge in [-0.1, -0.05) is 29.8 Å². The zero-order valence-corrected chi connectivity index (χ0v) is 19.8. The minimum atomic E-state index is -0.355. The molecule has 0 atom stereocenters. The Morgan fingerprint density at radius 2 is 1.85 bits per heavy atom. The molecule has 0 spiro atoms. The maximum Gasteiger partial charge on any atom is 0.257 e. The molecular formula is C26H28ClFN4O. The van der Waals surface area contributed by atoms with E-state index in [0.717, 1.165) is 24.3 Å². The molecule has 33 heavy (non-hydrogen) atoms. The van der Waals surface area contributed by atoms with E-state index < -0.39 is 0 Å². The molecule has 3 aromatic carbocycles. The van der Waals surface area contributed by atoms with Crippen molar-refractivity contribution in [3.63, 3.8) is 0 Å². The Morgan fingerprint density at radius 3 is 2.61 bits per heavy atom. The third kappa shape index (κ3) is 5.29. The van der Waals surface area contributed by atoms with Gasteiger partial charge in [0.25, 0.3) is 5.91 Å². The second-order valence-electron chi connectivity index (χ2n) is 8.94. The molecule has 1 fully saturated rings. The van der Waals surface area contributed by atoms with E-state index in [1.54, 1.807) is 24.3 Å². The Hall–Kier alpha value is -3.09. The number of benzene rings is 3. The molecule has 7 heteroatoms. The molecule has 3 N–H and O–H groups in total.